The molecule has 0 aromatic carbocycles. The molecule has 1 aromatic heterocycles. The number of hydrogen-bond donors (Lipinski definition) is 0. The molecule has 0 N–H and O–H groups in total. The zero-order valence-electron chi connectivity index (χ0n) is 8.34. The van der Waals surface area contributed by atoms with E-state index in [1.807, 2.05) is 0 Å². The summed E-state index contributed by atoms with van der Waals surface area (Å²) in [6, 6.07) is 4.21. The molecule has 1 saturated carbocycles. The molecular formula is C11H13BrOS. The predicted molar refractivity (Wildman–Crippen MR) is 62.8 cm³/mol. The van der Waals surface area contributed by atoms with Crippen molar-refractivity contribution in [1.82, 2.24) is 0 Å². The van der Waals surface area contributed by atoms with Crippen LogP contribution in [0, 0.1) is 5.41 Å². The monoisotopic (exact) mass is 272 g/mol. The van der Waals surface area contributed by atoms with Crippen molar-refractivity contribution in [2.75, 3.05) is 0 Å². The van der Waals surface area contributed by atoms with E-state index in [0.29, 0.717) is 11.7 Å². The number of halogens is 1. The predicted octanol–water partition coefficient (Wildman–Crippen LogP) is 3.98. The second-order valence-electron chi connectivity index (χ2n) is 4.09. The van der Waals surface area contributed by atoms with Gasteiger partial charge in [0.2, 0.25) is 0 Å². The number of carbonyl (C=O) groups excluding carboxylic acids is 1. The Bertz CT molecular complexity index is 371. The SMILES string of the molecule is CCC1(C)C(=O)CC1c1ccc(Br)s1. The van der Waals surface area contributed by atoms with Crippen LogP contribution in [0.3, 0.4) is 0 Å². The van der Waals surface area contributed by atoms with Gasteiger partial charge in [-0.2, -0.15) is 0 Å². The smallest absolute Gasteiger partial charge is 0.140 e. The first-order valence-electron chi connectivity index (χ1n) is 4.86. The van der Waals surface area contributed by atoms with E-state index in [9.17, 15) is 4.79 Å². The van der Waals surface area contributed by atoms with Gasteiger partial charge in [0.05, 0.1) is 3.79 Å². The molecule has 1 aliphatic carbocycles. The van der Waals surface area contributed by atoms with Crippen LogP contribution in [0.1, 0.15) is 37.5 Å². The fourth-order valence-electron chi connectivity index (χ4n) is 2.08. The van der Waals surface area contributed by atoms with Gasteiger partial charge in [-0.1, -0.05) is 13.8 Å². The second kappa shape index (κ2) is 3.46. The van der Waals surface area contributed by atoms with Crippen LogP contribution in [0.2, 0.25) is 0 Å². The van der Waals surface area contributed by atoms with E-state index in [4.69, 9.17) is 0 Å². The van der Waals surface area contributed by atoms with Gasteiger partial charge >= 0.3 is 0 Å². The van der Waals surface area contributed by atoms with E-state index in [2.05, 4.69) is 41.9 Å². The molecule has 1 aromatic rings. The average molecular weight is 273 g/mol. The van der Waals surface area contributed by atoms with Gasteiger partial charge in [0.15, 0.2) is 0 Å². The van der Waals surface area contributed by atoms with Crippen LogP contribution < -0.4 is 0 Å². The van der Waals surface area contributed by atoms with Crippen molar-refractivity contribution in [2.45, 2.75) is 32.6 Å². The molecule has 0 bridgehead atoms. The number of hydrogen-bond acceptors (Lipinski definition) is 2. The summed E-state index contributed by atoms with van der Waals surface area (Å²) in [5, 5.41) is 0. The van der Waals surface area contributed by atoms with Gasteiger partial charge in [0, 0.05) is 22.6 Å². The highest BCUT2D eigenvalue weighted by molar-refractivity contribution is 9.11. The lowest BCUT2D eigenvalue weighted by Gasteiger charge is -2.44. The van der Waals surface area contributed by atoms with Gasteiger partial charge in [-0.3, -0.25) is 4.79 Å². The molecule has 0 spiro atoms. The maximum atomic E-state index is 11.6. The maximum Gasteiger partial charge on any atom is 0.140 e. The summed E-state index contributed by atoms with van der Waals surface area (Å²) in [6.45, 7) is 4.20. The van der Waals surface area contributed by atoms with Gasteiger partial charge in [0.25, 0.3) is 0 Å². The van der Waals surface area contributed by atoms with E-state index in [-0.39, 0.29) is 5.41 Å². The fraction of sp³-hybridized carbons (Fsp3) is 0.545. The molecule has 2 unspecified atom stereocenters. The van der Waals surface area contributed by atoms with Crippen LogP contribution in [-0.4, -0.2) is 5.78 Å². The van der Waals surface area contributed by atoms with Crippen LogP contribution in [0.4, 0.5) is 0 Å². The van der Waals surface area contributed by atoms with Crippen molar-refractivity contribution in [3.8, 4) is 0 Å². The number of Topliss-reactive ketones (excluding diaryl/α,β-unsaturated/α-hetero) is 1. The second-order valence-corrected chi connectivity index (χ2v) is 6.59. The van der Waals surface area contributed by atoms with Crippen molar-refractivity contribution in [1.29, 1.82) is 0 Å². The summed E-state index contributed by atoms with van der Waals surface area (Å²) in [5.74, 6) is 0.880. The Kier molecular flexibility index (Phi) is 2.56. The first kappa shape index (κ1) is 10.4. The molecule has 1 fully saturated rings. The molecule has 2 rings (SSSR count). The minimum atomic E-state index is -0.0930. The summed E-state index contributed by atoms with van der Waals surface area (Å²) in [4.78, 5) is 12.9. The van der Waals surface area contributed by atoms with Crippen LogP contribution in [0.15, 0.2) is 15.9 Å². The molecule has 0 radical (unpaired) electrons. The Morgan fingerprint density at radius 1 is 1.64 bits per heavy atom. The maximum absolute atomic E-state index is 11.6. The molecule has 0 aliphatic heterocycles. The topological polar surface area (TPSA) is 17.1 Å². The third-order valence-electron chi connectivity index (χ3n) is 3.47. The fourth-order valence-corrected chi connectivity index (χ4v) is 3.76. The van der Waals surface area contributed by atoms with Gasteiger partial charge in [-0.05, 0) is 34.5 Å². The Morgan fingerprint density at radius 3 is 2.79 bits per heavy atom. The molecule has 14 heavy (non-hydrogen) atoms. The van der Waals surface area contributed by atoms with E-state index >= 15 is 0 Å². The van der Waals surface area contributed by atoms with Crippen molar-refractivity contribution in [2.24, 2.45) is 5.41 Å². The van der Waals surface area contributed by atoms with Crippen molar-refractivity contribution < 1.29 is 4.79 Å². The van der Waals surface area contributed by atoms with E-state index in [1.54, 1.807) is 11.3 Å². The minimum Gasteiger partial charge on any atom is -0.299 e. The van der Waals surface area contributed by atoms with E-state index in [1.165, 1.54) is 4.88 Å². The Morgan fingerprint density at radius 2 is 2.36 bits per heavy atom. The van der Waals surface area contributed by atoms with Gasteiger partial charge in [-0.25, -0.2) is 0 Å². The third-order valence-corrected chi connectivity index (χ3v) is 5.20. The molecule has 3 heteroatoms. The molecule has 0 saturated heterocycles. The summed E-state index contributed by atoms with van der Waals surface area (Å²) < 4.78 is 1.16. The molecule has 1 aliphatic rings. The number of ketones is 1. The first-order chi connectivity index (χ1) is 6.58. The Balaban J connectivity index is 2.26. The van der Waals surface area contributed by atoms with Crippen molar-refractivity contribution >= 4 is 33.0 Å². The van der Waals surface area contributed by atoms with E-state index in [0.717, 1.165) is 16.6 Å². The molecule has 76 valence electrons. The van der Waals surface area contributed by atoms with Crippen LogP contribution in [0.5, 0.6) is 0 Å². The summed E-state index contributed by atoms with van der Waals surface area (Å²) in [6.07, 6.45) is 1.68. The molecule has 1 heterocycles. The lowest BCUT2D eigenvalue weighted by atomic mass is 9.58. The molecule has 1 nitrogen and oxygen atoms in total. The number of carbonyl (C=O) groups is 1. The summed E-state index contributed by atoms with van der Waals surface area (Å²) in [7, 11) is 0. The number of rotatable bonds is 2. The number of thiophene rings is 1. The van der Waals surface area contributed by atoms with Gasteiger partial charge in [0.1, 0.15) is 5.78 Å². The molecule has 2 atom stereocenters. The highest BCUT2D eigenvalue weighted by Crippen LogP contribution is 2.53. The standard InChI is InChI=1S/C11H13BrOS/c1-3-11(2)7(6-9(11)13)8-4-5-10(12)14-8/h4-5,7H,3,6H2,1-2H3. The Hall–Kier alpha value is -0.150. The quantitative estimate of drug-likeness (QED) is 0.796. The largest absolute Gasteiger partial charge is 0.299 e. The molecular weight excluding hydrogens is 260 g/mol. The van der Waals surface area contributed by atoms with Crippen molar-refractivity contribution in [3.63, 3.8) is 0 Å². The van der Waals surface area contributed by atoms with Crippen LogP contribution in [-0.2, 0) is 4.79 Å². The normalized spacial score (nSPS) is 31.6. The first-order valence-corrected chi connectivity index (χ1v) is 6.47. The van der Waals surface area contributed by atoms with Gasteiger partial charge in [-0.15, -0.1) is 11.3 Å². The van der Waals surface area contributed by atoms with E-state index < -0.39 is 0 Å². The lowest BCUT2D eigenvalue weighted by molar-refractivity contribution is -0.139. The highest BCUT2D eigenvalue weighted by atomic mass is 79.9. The van der Waals surface area contributed by atoms with Crippen LogP contribution in [0.25, 0.3) is 0 Å². The average Bonchev–Trinajstić information content (AvgIpc) is 2.59. The summed E-state index contributed by atoms with van der Waals surface area (Å²) >= 11 is 5.22. The Labute approximate surface area is 96.6 Å². The zero-order valence-corrected chi connectivity index (χ0v) is 10.7. The summed E-state index contributed by atoms with van der Waals surface area (Å²) in [5.41, 5.74) is -0.0930. The third kappa shape index (κ3) is 1.38. The molecule has 0 amide bonds. The minimum absolute atomic E-state index is 0.0930. The van der Waals surface area contributed by atoms with Crippen molar-refractivity contribution in [3.05, 3.63) is 20.8 Å². The van der Waals surface area contributed by atoms with Crippen LogP contribution >= 0.6 is 27.3 Å². The van der Waals surface area contributed by atoms with Gasteiger partial charge < -0.3 is 0 Å². The highest BCUT2D eigenvalue weighted by Gasteiger charge is 2.50. The lowest BCUT2D eigenvalue weighted by Crippen LogP contribution is -2.45. The zero-order chi connectivity index (χ0) is 10.3.